The second-order valence-corrected chi connectivity index (χ2v) is 8.75. The van der Waals surface area contributed by atoms with Crippen molar-refractivity contribution in [2.45, 2.75) is 17.5 Å². The third kappa shape index (κ3) is 4.71. The zero-order chi connectivity index (χ0) is 23.3. The Hall–Kier alpha value is -3.55. The molecular formula is C27H23FN4OS. The molecule has 0 fully saturated rings. The second kappa shape index (κ2) is 10.2. The highest BCUT2D eigenvalue weighted by Crippen LogP contribution is 2.33. The molecule has 34 heavy (non-hydrogen) atoms. The van der Waals surface area contributed by atoms with Crippen molar-refractivity contribution in [3.05, 3.63) is 96.3 Å². The summed E-state index contributed by atoms with van der Waals surface area (Å²) in [7, 11) is 1.69. The van der Waals surface area contributed by atoms with Crippen LogP contribution in [0.1, 0.15) is 5.56 Å². The van der Waals surface area contributed by atoms with Gasteiger partial charge in [-0.15, -0.1) is 10.2 Å². The lowest BCUT2D eigenvalue weighted by Gasteiger charge is -2.13. The fourth-order valence-corrected chi connectivity index (χ4v) is 4.74. The van der Waals surface area contributed by atoms with E-state index in [1.165, 1.54) is 12.1 Å². The number of methoxy groups -OCH3 is 1. The van der Waals surface area contributed by atoms with Crippen molar-refractivity contribution in [1.82, 2.24) is 19.7 Å². The molecule has 0 spiro atoms. The van der Waals surface area contributed by atoms with Gasteiger partial charge >= 0.3 is 0 Å². The maximum atomic E-state index is 13.3. The standard InChI is InChI=1S/C27H23FN4OS/c1-33-16-15-32-26(30-31-27(32)34-18-19-11-13-21(28)14-12-19)23-17-25(20-7-3-2-4-8-20)29-24-10-6-5-9-22(23)24/h2-14,17H,15-16,18H2,1H3. The third-order valence-corrected chi connectivity index (χ3v) is 6.58. The van der Waals surface area contributed by atoms with Gasteiger partial charge in [-0.1, -0.05) is 72.4 Å². The first-order valence-electron chi connectivity index (χ1n) is 11.0. The van der Waals surface area contributed by atoms with Crippen LogP contribution in [0.15, 0.2) is 90.1 Å². The van der Waals surface area contributed by atoms with Crippen molar-refractivity contribution >= 4 is 22.7 Å². The van der Waals surface area contributed by atoms with Gasteiger partial charge in [0.1, 0.15) is 5.82 Å². The van der Waals surface area contributed by atoms with Gasteiger partial charge in [-0.05, 0) is 29.8 Å². The lowest BCUT2D eigenvalue weighted by atomic mass is 10.0. The number of hydrogen-bond donors (Lipinski definition) is 0. The van der Waals surface area contributed by atoms with E-state index < -0.39 is 0 Å². The van der Waals surface area contributed by atoms with E-state index in [1.807, 2.05) is 36.4 Å². The molecule has 0 amide bonds. The van der Waals surface area contributed by atoms with E-state index >= 15 is 0 Å². The number of halogens is 1. The van der Waals surface area contributed by atoms with Gasteiger partial charge in [-0.25, -0.2) is 9.37 Å². The lowest BCUT2D eigenvalue weighted by Crippen LogP contribution is -2.08. The SMILES string of the molecule is COCCn1c(SCc2ccc(F)cc2)nnc1-c1cc(-c2ccccc2)nc2ccccc12. The number of benzene rings is 3. The Morgan fingerprint density at radius 2 is 1.68 bits per heavy atom. The number of ether oxygens (including phenoxy) is 1. The molecular weight excluding hydrogens is 447 g/mol. The van der Waals surface area contributed by atoms with E-state index in [-0.39, 0.29) is 5.82 Å². The van der Waals surface area contributed by atoms with Crippen LogP contribution in [0.4, 0.5) is 4.39 Å². The topological polar surface area (TPSA) is 52.8 Å². The molecule has 0 saturated carbocycles. The lowest BCUT2D eigenvalue weighted by molar-refractivity contribution is 0.185. The van der Waals surface area contributed by atoms with Gasteiger partial charge in [-0.2, -0.15) is 0 Å². The zero-order valence-electron chi connectivity index (χ0n) is 18.7. The van der Waals surface area contributed by atoms with Crippen molar-refractivity contribution in [2.24, 2.45) is 0 Å². The van der Waals surface area contributed by atoms with Crippen LogP contribution in [0.2, 0.25) is 0 Å². The van der Waals surface area contributed by atoms with E-state index in [9.17, 15) is 4.39 Å². The highest BCUT2D eigenvalue weighted by atomic mass is 32.2. The van der Waals surface area contributed by atoms with Gasteiger partial charge in [-0.3, -0.25) is 4.57 Å². The maximum Gasteiger partial charge on any atom is 0.191 e. The Labute approximate surface area is 201 Å². The summed E-state index contributed by atoms with van der Waals surface area (Å²) in [5, 5.41) is 10.9. The van der Waals surface area contributed by atoms with Crippen LogP contribution in [-0.4, -0.2) is 33.5 Å². The zero-order valence-corrected chi connectivity index (χ0v) is 19.5. The number of pyridine rings is 1. The number of thioether (sulfide) groups is 1. The second-order valence-electron chi connectivity index (χ2n) is 7.80. The van der Waals surface area contributed by atoms with Gasteiger partial charge in [0.2, 0.25) is 0 Å². The van der Waals surface area contributed by atoms with Crippen molar-refractivity contribution in [2.75, 3.05) is 13.7 Å². The van der Waals surface area contributed by atoms with Gasteiger partial charge in [0.15, 0.2) is 11.0 Å². The molecule has 7 heteroatoms. The number of para-hydroxylation sites is 1. The first-order chi connectivity index (χ1) is 16.7. The Bertz CT molecular complexity index is 1400. The largest absolute Gasteiger partial charge is 0.383 e. The molecule has 170 valence electrons. The minimum Gasteiger partial charge on any atom is -0.383 e. The molecule has 0 aliphatic rings. The minimum atomic E-state index is -0.238. The summed E-state index contributed by atoms with van der Waals surface area (Å²) in [4.78, 5) is 4.90. The summed E-state index contributed by atoms with van der Waals surface area (Å²) < 4.78 is 20.7. The molecule has 5 rings (SSSR count). The molecule has 0 N–H and O–H groups in total. The Kier molecular flexibility index (Phi) is 6.65. The maximum absolute atomic E-state index is 13.3. The average Bonchev–Trinajstić information content (AvgIpc) is 3.29. The molecule has 5 aromatic rings. The number of fused-ring (bicyclic) bond motifs is 1. The molecule has 0 atom stereocenters. The van der Waals surface area contributed by atoms with E-state index in [1.54, 1.807) is 31.0 Å². The normalized spacial score (nSPS) is 11.2. The predicted octanol–water partition coefficient (Wildman–Crippen LogP) is 6.24. The molecule has 0 unspecified atom stereocenters. The van der Waals surface area contributed by atoms with E-state index in [2.05, 4.69) is 39.0 Å². The molecule has 5 nitrogen and oxygen atoms in total. The molecule has 3 aromatic carbocycles. The van der Waals surface area contributed by atoms with Crippen LogP contribution in [0.25, 0.3) is 33.5 Å². The molecule has 0 aliphatic heterocycles. The van der Waals surface area contributed by atoms with Gasteiger partial charge in [0.25, 0.3) is 0 Å². The fraction of sp³-hybridized carbons (Fsp3) is 0.148. The third-order valence-electron chi connectivity index (χ3n) is 5.54. The van der Waals surface area contributed by atoms with Crippen molar-refractivity contribution in [1.29, 1.82) is 0 Å². The number of hydrogen-bond acceptors (Lipinski definition) is 5. The van der Waals surface area contributed by atoms with Gasteiger partial charge in [0.05, 0.1) is 24.4 Å². The first-order valence-corrected chi connectivity index (χ1v) is 12.0. The quantitative estimate of drug-likeness (QED) is 0.251. The Morgan fingerprint density at radius 3 is 2.47 bits per heavy atom. The first kappa shape index (κ1) is 22.3. The van der Waals surface area contributed by atoms with Crippen LogP contribution >= 0.6 is 11.8 Å². The fourth-order valence-electron chi connectivity index (χ4n) is 3.82. The molecule has 2 aromatic heterocycles. The monoisotopic (exact) mass is 470 g/mol. The number of nitrogens with zero attached hydrogens (tertiary/aromatic N) is 4. The molecule has 2 heterocycles. The Morgan fingerprint density at radius 1 is 0.912 bits per heavy atom. The van der Waals surface area contributed by atoms with Crippen LogP contribution in [0.3, 0.4) is 0 Å². The molecule has 0 saturated heterocycles. The minimum absolute atomic E-state index is 0.238. The van der Waals surface area contributed by atoms with E-state index in [4.69, 9.17) is 9.72 Å². The summed E-state index contributed by atoms with van der Waals surface area (Å²) in [6, 6.07) is 26.8. The van der Waals surface area contributed by atoms with E-state index in [0.29, 0.717) is 18.9 Å². The summed E-state index contributed by atoms with van der Waals surface area (Å²) in [6.45, 7) is 1.14. The van der Waals surface area contributed by atoms with E-state index in [0.717, 1.165) is 44.3 Å². The smallest absolute Gasteiger partial charge is 0.191 e. The Balaban J connectivity index is 1.58. The highest BCUT2D eigenvalue weighted by molar-refractivity contribution is 7.98. The molecule has 0 radical (unpaired) electrons. The van der Waals surface area contributed by atoms with Crippen LogP contribution < -0.4 is 0 Å². The number of aromatic nitrogens is 4. The average molecular weight is 471 g/mol. The summed E-state index contributed by atoms with van der Waals surface area (Å²) in [5.41, 5.74) is 4.83. The predicted molar refractivity (Wildman–Crippen MR) is 134 cm³/mol. The van der Waals surface area contributed by atoms with Gasteiger partial charge < -0.3 is 4.74 Å². The van der Waals surface area contributed by atoms with Crippen LogP contribution in [0, 0.1) is 5.82 Å². The molecule has 0 bridgehead atoms. The van der Waals surface area contributed by atoms with Crippen LogP contribution in [0.5, 0.6) is 0 Å². The van der Waals surface area contributed by atoms with Gasteiger partial charge in [0, 0.05) is 29.4 Å². The molecule has 0 aliphatic carbocycles. The van der Waals surface area contributed by atoms with Crippen molar-refractivity contribution in [3.63, 3.8) is 0 Å². The van der Waals surface area contributed by atoms with Crippen molar-refractivity contribution < 1.29 is 9.13 Å². The van der Waals surface area contributed by atoms with Crippen LogP contribution in [-0.2, 0) is 17.0 Å². The summed E-state index contributed by atoms with van der Waals surface area (Å²) in [5.74, 6) is 1.20. The summed E-state index contributed by atoms with van der Waals surface area (Å²) >= 11 is 1.57. The number of rotatable bonds is 8. The van der Waals surface area contributed by atoms with Crippen molar-refractivity contribution in [3.8, 4) is 22.6 Å². The highest BCUT2D eigenvalue weighted by Gasteiger charge is 2.18. The summed E-state index contributed by atoms with van der Waals surface area (Å²) in [6.07, 6.45) is 0.